The van der Waals surface area contributed by atoms with Crippen LogP contribution in [0.1, 0.15) is 36.0 Å². The highest BCUT2D eigenvalue weighted by molar-refractivity contribution is 6.07. The van der Waals surface area contributed by atoms with Crippen LogP contribution < -0.4 is 0 Å². The van der Waals surface area contributed by atoms with E-state index in [2.05, 4.69) is 0 Å². The molecule has 2 aromatic rings. The maximum atomic E-state index is 12.9. The Kier molecular flexibility index (Phi) is 4.44. The van der Waals surface area contributed by atoms with Crippen LogP contribution in [-0.4, -0.2) is 35.6 Å². The van der Waals surface area contributed by atoms with E-state index in [9.17, 15) is 9.90 Å². The van der Waals surface area contributed by atoms with E-state index in [1.807, 2.05) is 54.4 Å². The first-order valence-electron chi connectivity index (χ1n) is 8.06. The fourth-order valence-electron chi connectivity index (χ4n) is 3.48. The number of carbonyl (C=O) groups excluding carboxylic acids is 1. The summed E-state index contributed by atoms with van der Waals surface area (Å²) in [5.74, 6) is 0.515. The number of fused-ring (bicyclic) bond motifs is 1. The van der Waals surface area contributed by atoms with Gasteiger partial charge in [-0.2, -0.15) is 0 Å². The highest BCUT2D eigenvalue weighted by Gasteiger charge is 2.27. The van der Waals surface area contributed by atoms with E-state index in [4.69, 9.17) is 0 Å². The predicted molar refractivity (Wildman–Crippen MR) is 88.9 cm³/mol. The number of rotatable bonds is 3. The molecular weight excluding hydrogens is 274 g/mol. The topological polar surface area (TPSA) is 40.5 Å². The van der Waals surface area contributed by atoms with E-state index in [0.29, 0.717) is 5.92 Å². The highest BCUT2D eigenvalue weighted by atomic mass is 16.3. The molecule has 1 N–H and O–H groups in total. The minimum Gasteiger partial charge on any atom is -0.396 e. The van der Waals surface area contributed by atoms with E-state index in [0.717, 1.165) is 42.0 Å². The Morgan fingerprint density at radius 3 is 2.50 bits per heavy atom. The number of carbonyl (C=O) groups is 1. The first-order valence-corrected chi connectivity index (χ1v) is 8.06. The van der Waals surface area contributed by atoms with Crippen molar-refractivity contribution < 1.29 is 9.90 Å². The third-order valence-electron chi connectivity index (χ3n) is 4.96. The average molecular weight is 297 g/mol. The third-order valence-corrected chi connectivity index (χ3v) is 4.96. The Labute approximate surface area is 131 Å². The van der Waals surface area contributed by atoms with E-state index < -0.39 is 0 Å². The number of benzene rings is 2. The summed E-state index contributed by atoms with van der Waals surface area (Å²) >= 11 is 0. The smallest absolute Gasteiger partial charge is 0.254 e. The zero-order valence-electron chi connectivity index (χ0n) is 13.0. The van der Waals surface area contributed by atoms with Crippen molar-refractivity contribution in [3.05, 3.63) is 48.0 Å². The van der Waals surface area contributed by atoms with Crippen LogP contribution in [0.25, 0.3) is 10.8 Å². The summed E-state index contributed by atoms with van der Waals surface area (Å²) in [5.41, 5.74) is 0.782. The van der Waals surface area contributed by atoms with Gasteiger partial charge in [0.15, 0.2) is 0 Å². The van der Waals surface area contributed by atoms with Gasteiger partial charge in [-0.25, -0.2) is 0 Å². The molecule has 0 saturated heterocycles. The quantitative estimate of drug-likeness (QED) is 0.942. The van der Waals surface area contributed by atoms with Gasteiger partial charge in [-0.15, -0.1) is 0 Å². The molecule has 1 amide bonds. The number of aliphatic hydroxyl groups is 1. The maximum Gasteiger partial charge on any atom is 0.254 e. The summed E-state index contributed by atoms with van der Waals surface area (Å²) in [6.07, 6.45) is 3.99. The predicted octanol–water partition coefficient (Wildman–Crippen LogP) is 3.46. The summed E-state index contributed by atoms with van der Waals surface area (Å²) in [6, 6.07) is 14.2. The summed E-state index contributed by atoms with van der Waals surface area (Å²) in [7, 11) is 1.91. The number of nitrogens with zero attached hydrogens (tertiary/aromatic N) is 1. The molecule has 0 aliphatic heterocycles. The first-order chi connectivity index (χ1) is 10.7. The maximum absolute atomic E-state index is 12.9. The second-order valence-electron chi connectivity index (χ2n) is 6.30. The lowest BCUT2D eigenvalue weighted by atomic mass is 9.85. The van der Waals surface area contributed by atoms with Gasteiger partial charge < -0.3 is 10.0 Å². The van der Waals surface area contributed by atoms with Gasteiger partial charge in [0, 0.05) is 25.3 Å². The van der Waals surface area contributed by atoms with Crippen molar-refractivity contribution in [2.75, 3.05) is 13.7 Å². The van der Waals surface area contributed by atoms with Crippen molar-refractivity contribution in [3.63, 3.8) is 0 Å². The molecule has 0 aromatic heterocycles. The largest absolute Gasteiger partial charge is 0.396 e. The number of aliphatic hydroxyl groups excluding tert-OH is 1. The Morgan fingerprint density at radius 1 is 1.09 bits per heavy atom. The van der Waals surface area contributed by atoms with E-state index in [-0.39, 0.29) is 18.6 Å². The second kappa shape index (κ2) is 6.49. The molecule has 22 heavy (non-hydrogen) atoms. The van der Waals surface area contributed by atoms with Gasteiger partial charge in [-0.05, 0) is 48.4 Å². The van der Waals surface area contributed by atoms with Gasteiger partial charge in [0.2, 0.25) is 0 Å². The molecule has 0 radical (unpaired) electrons. The Bertz CT molecular complexity index is 654. The van der Waals surface area contributed by atoms with Crippen molar-refractivity contribution in [1.29, 1.82) is 0 Å². The Morgan fingerprint density at radius 2 is 1.77 bits per heavy atom. The van der Waals surface area contributed by atoms with E-state index >= 15 is 0 Å². The van der Waals surface area contributed by atoms with Crippen molar-refractivity contribution in [3.8, 4) is 0 Å². The Balaban J connectivity index is 1.81. The third kappa shape index (κ3) is 2.86. The minimum absolute atomic E-state index is 0.101. The van der Waals surface area contributed by atoms with Crippen molar-refractivity contribution in [2.24, 2.45) is 5.92 Å². The first kappa shape index (κ1) is 15.0. The molecule has 1 aliphatic rings. The monoisotopic (exact) mass is 297 g/mol. The Hall–Kier alpha value is -1.87. The van der Waals surface area contributed by atoms with Crippen molar-refractivity contribution in [1.82, 2.24) is 4.90 Å². The summed E-state index contributed by atoms with van der Waals surface area (Å²) in [5, 5.41) is 11.4. The average Bonchev–Trinajstić information content (AvgIpc) is 2.60. The van der Waals surface area contributed by atoms with Gasteiger partial charge in [0.05, 0.1) is 0 Å². The van der Waals surface area contributed by atoms with Gasteiger partial charge in [0.25, 0.3) is 5.91 Å². The van der Waals surface area contributed by atoms with Crippen LogP contribution in [0.2, 0.25) is 0 Å². The molecule has 0 spiro atoms. The minimum atomic E-state index is 0.101. The van der Waals surface area contributed by atoms with Crippen LogP contribution >= 0.6 is 0 Å². The van der Waals surface area contributed by atoms with Gasteiger partial charge in [-0.1, -0.05) is 36.4 Å². The number of hydrogen-bond acceptors (Lipinski definition) is 2. The molecule has 1 fully saturated rings. The lowest BCUT2D eigenvalue weighted by Gasteiger charge is -2.34. The van der Waals surface area contributed by atoms with E-state index in [1.165, 1.54) is 0 Å². The molecule has 3 nitrogen and oxygen atoms in total. The molecule has 0 bridgehead atoms. The summed E-state index contributed by atoms with van der Waals surface area (Å²) in [6.45, 7) is 0.272. The molecular formula is C19H23NO2. The van der Waals surface area contributed by atoms with Gasteiger partial charge >= 0.3 is 0 Å². The summed E-state index contributed by atoms with van der Waals surface area (Å²) in [4.78, 5) is 14.8. The lowest BCUT2D eigenvalue weighted by Crippen LogP contribution is -2.39. The second-order valence-corrected chi connectivity index (χ2v) is 6.30. The van der Waals surface area contributed by atoms with Gasteiger partial charge in [-0.3, -0.25) is 4.79 Å². The fraction of sp³-hybridized carbons (Fsp3) is 0.421. The number of amides is 1. The molecule has 0 atom stereocenters. The van der Waals surface area contributed by atoms with E-state index in [1.54, 1.807) is 0 Å². The van der Waals surface area contributed by atoms with Crippen LogP contribution in [0.3, 0.4) is 0 Å². The molecule has 3 heteroatoms. The lowest BCUT2D eigenvalue weighted by molar-refractivity contribution is 0.0655. The molecule has 0 unspecified atom stereocenters. The normalized spacial score (nSPS) is 21.7. The van der Waals surface area contributed by atoms with Crippen LogP contribution in [0, 0.1) is 5.92 Å². The van der Waals surface area contributed by atoms with Crippen LogP contribution in [-0.2, 0) is 0 Å². The highest BCUT2D eigenvalue weighted by Crippen LogP contribution is 2.28. The van der Waals surface area contributed by atoms with Crippen LogP contribution in [0.15, 0.2) is 42.5 Å². The zero-order valence-corrected chi connectivity index (χ0v) is 13.0. The molecule has 1 saturated carbocycles. The SMILES string of the molecule is CN(C(=O)c1cccc2ccccc12)C1CCC(CO)CC1. The molecule has 116 valence electrons. The summed E-state index contributed by atoms with van der Waals surface area (Å²) < 4.78 is 0. The van der Waals surface area contributed by atoms with Crippen molar-refractivity contribution >= 4 is 16.7 Å². The molecule has 2 aromatic carbocycles. The zero-order chi connectivity index (χ0) is 15.5. The van der Waals surface area contributed by atoms with Gasteiger partial charge in [0.1, 0.15) is 0 Å². The molecule has 3 rings (SSSR count). The molecule has 0 heterocycles. The number of hydrogen-bond donors (Lipinski definition) is 1. The van der Waals surface area contributed by atoms with Crippen LogP contribution in [0.4, 0.5) is 0 Å². The van der Waals surface area contributed by atoms with Crippen molar-refractivity contribution in [2.45, 2.75) is 31.7 Å². The van der Waals surface area contributed by atoms with Crippen LogP contribution in [0.5, 0.6) is 0 Å². The molecule has 1 aliphatic carbocycles. The fourth-order valence-corrected chi connectivity index (χ4v) is 3.48. The standard InChI is InChI=1S/C19H23NO2/c1-20(16-11-9-14(13-21)10-12-16)19(22)18-8-4-6-15-5-2-3-7-17(15)18/h2-8,14,16,21H,9-13H2,1H3.